The van der Waals surface area contributed by atoms with Crippen LogP contribution in [-0.4, -0.2) is 32.8 Å². The highest BCUT2D eigenvalue weighted by Gasteiger charge is 2.12. The topological polar surface area (TPSA) is 84.8 Å². The third-order valence-corrected chi connectivity index (χ3v) is 5.69. The van der Waals surface area contributed by atoms with Gasteiger partial charge in [-0.3, -0.25) is 14.5 Å². The summed E-state index contributed by atoms with van der Waals surface area (Å²) in [7, 11) is 1.62. The van der Waals surface area contributed by atoms with Gasteiger partial charge in [-0.25, -0.2) is 4.98 Å². The summed E-state index contributed by atoms with van der Waals surface area (Å²) in [6.45, 7) is 2.39. The molecule has 0 aliphatic rings. The van der Waals surface area contributed by atoms with Gasteiger partial charge in [-0.15, -0.1) is 11.3 Å². The Kier molecular flexibility index (Phi) is 5.41. The third kappa shape index (κ3) is 4.20. The molecule has 148 valence electrons. The molecule has 0 unspecified atom stereocenters. The Morgan fingerprint density at radius 1 is 1.28 bits per heavy atom. The van der Waals surface area contributed by atoms with Crippen LogP contribution in [0, 0.1) is 11.7 Å². The lowest BCUT2D eigenvalue weighted by molar-refractivity contribution is -0.116. The maximum absolute atomic E-state index is 12.5. The molecule has 2 aromatic heterocycles. The first-order valence-corrected chi connectivity index (χ1v) is 10.2. The molecule has 0 atom stereocenters. The number of benzene rings is 2. The summed E-state index contributed by atoms with van der Waals surface area (Å²) in [5.74, 6) is 1.36. The number of anilines is 1. The smallest absolute Gasteiger partial charge is 0.226 e. The van der Waals surface area contributed by atoms with Crippen LogP contribution in [0.3, 0.4) is 0 Å². The number of carbonyl (C=O) groups excluding carboxylic acids is 1. The molecular weight excluding hydrogens is 406 g/mol. The molecule has 0 saturated heterocycles. The van der Waals surface area contributed by atoms with Gasteiger partial charge >= 0.3 is 0 Å². The number of hydrogen-bond donors (Lipinski definition) is 2. The molecule has 29 heavy (non-hydrogen) atoms. The van der Waals surface area contributed by atoms with Crippen molar-refractivity contribution in [3.63, 3.8) is 0 Å². The number of nitrogens with one attached hydrogen (secondary N) is 2. The second-order valence-electron chi connectivity index (χ2n) is 6.45. The van der Waals surface area contributed by atoms with Crippen LogP contribution in [-0.2, 0) is 11.3 Å². The van der Waals surface area contributed by atoms with E-state index in [0.717, 1.165) is 32.2 Å². The average molecular weight is 426 g/mol. The Morgan fingerprint density at radius 3 is 2.83 bits per heavy atom. The van der Waals surface area contributed by atoms with E-state index in [4.69, 9.17) is 17.0 Å². The molecule has 4 rings (SSSR count). The lowest BCUT2D eigenvalue weighted by Gasteiger charge is -2.09. The quantitative estimate of drug-likeness (QED) is 0.442. The second-order valence-corrected chi connectivity index (χ2v) is 8.07. The van der Waals surface area contributed by atoms with E-state index < -0.39 is 0 Å². The summed E-state index contributed by atoms with van der Waals surface area (Å²) < 4.78 is 8.55. The van der Waals surface area contributed by atoms with Crippen molar-refractivity contribution in [1.82, 2.24) is 19.7 Å². The Labute approximate surface area is 176 Å². The monoisotopic (exact) mass is 425 g/mol. The molecule has 0 fully saturated rings. The van der Waals surface area contributed by atoms with E-state index in [1.54, 1.807) is 18.4 Å². The van der Waals surface area contributed by atoms with Crippen LogP contribution in [0.5, 0.6) is 5.75 Å². The molecule has 2 heterocycles. The number of ether oxygens (including phenoxy) is 1. The largest absolute Gasteiger partial charge is 0.497 e. The fourth-order valence-corrected chi connectivity index (χ4v) is 4.13. The van der Waals surface area contributed by atoms with Crippen molar-refractivity contribution in [2.75, 3.05) is 12.4 Å². The van der Waals surface area contributed by atoms with Crippen LogP contribution in [0.1, 0.15) is 11.4 Å². The number of rotatable bonds is 6. The van der Waals surface area contributed by atoms with Crippen LogP contribution in [0.4, 0.5) is 5.69 Å². The zero-order chi connectivity index (χ0) is 20.4. The first kappa shape index (κ1) is 19.3. The number of carbonyl (C=O) groups is 1. The first-order chi connectivity index (χ1) is 14.0. The number of amides is 1. The number of fused-ring (bicyclic) bond motifs is 1. The SMILES string of the molecule is COc1ccc(-c2n[nH]c(=S)n2CCC(=O)Nc2ccc3nc(C)sc3c2)cc1. The molecule has 0 spiro atoms. The molecule has 1 amide bonds. The molecule has 0 radical (unpaired) electrons. The molecule has 7 nitrogen and oxygen atoms in total. The number of aromatic nitrogens is 4. The summed E-state index contributed by atoms with van der Waals surface area (Å²) in [6, 6.07) is 13.3. The van der Waals surface area contributed by atoms with Crippen molar-refractivity contribution in [1.29, 1.82) is 0 Å². The Bertz CT molecular complexity index is 1220. The minimum absolute atomic E-state index is 0.0885. The molecule has 4 aromatic rings. The molecule has 0 aliphatic carbocycles. The lowest BCUT2D eigenvalue weighted by atomic mass is 10.2. The first-order valence-electron chi connectivity index (χ1n) is 9.00. The van der Waals surface area contributed by atoms with Crippen molar-refractivity contribution in [2.24, 2.45) is 0 Å². The van der Waals surface area contributed by atoms with Crippen molar-refractivity contribution >= 4 is 45.4 Å². The van der Waals surface area contributed by atoms with Gasteiger partial charge in [0.05, 0.1) is 22.3 Å². The van der Waals surface area contributed by atoms with E-state index in [-0.39, 0.29) is 12.3 Å². The molecule has 2 N–H and O–H groups in total. The third-order valence-electron chi connectivity index (χ3n) is 4.45. The highest BCUT2D eigenvalue weighted by molar-refractivity contribution is 7.71. The zero-order valence-corrected chi connectivity index (χ0v) is 17.6. The standard InChI is InChI=1S/C20H19N5O2S2/c1-12-21-16-8-5-14(11-17(16)29-12)22-18(26)9-10-25-19(23-24-20(25)28)13-3-6-15(27-2)7-4-13/h3-8,11H,9-10H2,1-2H3,(H,22,26)(H,24,28). The molecule has 9 heteroatoms. The molecule has 0 bridgehead atoms. The minimum Gasteiger partial charge on any atom is -0.497 e. The van der Waals surface area contributed by atoms with Gasteiger partial charge in [0.25, 0.3) is 0 Å². The van der Waals surface area contributed by atoms with Gasteiger partial charge in [0.1, 0.15) is 5.75 Å². The number of hydrogen-bond acceptors (Lipinski definition) is 6. The predicted molar refractivity (Wildman–Crippen MR) is 117 cm³/mol. The number of aromatic amines is 1. The summed E-state index contributed by atoms with van der Waals surface area (Å²) in [5, 5.41) is 11.1. The van der Waals surface area contributed by atoms with Gasteiger partial charge < -0.3 is 10.1 Å². The number of thiazole rings is 1. The van der Waals surface area contributed by atoms with Gasteiger partial charge in [0.2, 0.25) is 5.91 Å². The fraction of sp³-hybridized carbons (Fsp3) is 0.200. The van der Waals surface area contributed by atoms with Crippen LogP contribution in [0.2, 0.25) is 0 Å². The summed E-state index contributed by atoms with van der Waals surface area (Å²) >= 11 is 6.95. The Hall–Kier alpha value is -3.04. The molecule has 0 saturated carbocycles. The van der Waals surface area contributed by atoms with Gasteiger partial charge in [0.15, 0.2) is 10.6 Å². The van der Waals surface area contributed by atoms with Crippen LogP contribution in [0.15, 0.2) is 42.5 Å². The van der Waals surface area contributed by atoms with E-state index in [1.807, 2.05) is 54.0 Å². The van der Waals surface area contributed by atoms with E-state index >= 15 is 0 Å². The average Bonchev–Trinajstić information content (AvgIpc) is 3.27. The molecular formula is C20H19N5O2S2. The zero-order valence-electron chi connectivity index (χ0n) is 15.9. The minimum atomic E-state index is -0.0885. The lowest BCUT2D eigenvalue weighted by Crippen LogP contribution is -2.15. The van der Waals surface area contributed by atoms with Crippen molar-refractivity contribution in [2.45, 2.75) is 19.9 Å². The van der Waals surface area contributed by atoms with Crippen molar-refractivity contribution in [3.8, 4) is 17.1 Å². The van der Waals surface area contributed by atoms with E-state index in [9.17, 15) is 4.79 Å². The number of methoxy groups -OCH3 is 1. The summed E-state index contributed by atoms with van der Waals surface area (Å²) in [4.78, 5) is 16.9. The van der Waals surface area contributed by atoms with Gasteiger partial charge in [-0.1, -0.05) is 0 Å². The normalized spacial score (nSPS) is 11.0. The maximum atomic E-state index is 12.5. The van der Waals surface area contributed by atoms with E-state index in [0.29, 0.717) is 17.1 Å². The van der Waals surface area contributed by atoms with Crippen molar-refractivity contribution < 1.29 is 9.53 Å². The molecule has 2 aromatic carbocycles. The van der Waals surface area contributed by atoms with Crippen LogP contribution < -0.4 is 10.1 Å². The second kappa shape index (κ2) is 8.14. The Balaban J connectivity index is 1.46. The molecule has 0 aliphatic heterocycles. The highest BCUT2D eigenvalue weighted by atomic mass is 32.1. The number of aryl methyl sites for hydroxylation is 1. The van der Waals surface area contributed by atoms with Gasteiger partial charge in [-0.2, -0.15) is 5.10 Å². The maximum Gasteiger partial charge on any atom is 0.226 e. The Morgan fingerprint density at radius 2 is 2.07 bits per heavy atom. The summed E-state index contributed by atoms with van der Waals surface area (Å²) in [5.41, 5.74) is 2.60. The van der Waals surface area contributed by atoms with E-state index in [2.05, 4.69) is 20.5 Å². The summed E-state index contributed by atoms with van der Waals surface area (Å²) in [6.07, 6.45) is 0.275. The van der Waals surface area contributed by atoms with Crippen LogP contribution >= 0.6 is 23.6 Å². The van der Waals surface area contributed by atoms with Crippen LogP contribution in [0.25, 0.3) is 21.6 Å². The van der Waals surface area contributed by atoms with Gasteiger partial charge in [-0.05, 0) is 61.6 Å². The predicted octanol–water partition coefficient (Wildman–Crippen LogP) is 4.56. The highest BCUT2D eigenvalue weighted by Crippen LogP contribution is 2.25. The van der Waals surface area contributed by atoms with E-state index in [1.165, 1.54) is 0 Å². The van der Waals surface area contributed by atoms with Crippen molar-refractivity contribution in [3.05, 3.63) is 52.2 Å². The number of H-pyrrole nitrogens is 1. The fourth-order valence-electron chi connectivity index (χ4n) is 3.04. The number of nitrogens with zero attached hydrogens (tertiary/aromatic N) is 3. The van der Waals surface area contributed by atoms with Gasteiger partial charge in [0, 0.05) is 24.2 Å².